The number of carbonyl (C=O) groups excluding carboxylic acids is 1. The van der Waals surface area contributed by atoms with Gasteiger partial charge in [-0.25, -0.2) is 0 Å². The van der Waals surface area contributed by atoms with Crippen molar-refractivity contribution in [3.05, 3.63) is 59.7 Å². The van der Waals surface area contributed by atoms with E-state index in [9.17, 15) is 9.90 Å². The van der Waals surface area contributed by atoms with E-state index in [1.54, 1.807) is 21.1 Å². The maximum Gasteiger partial charge on any atom is 0.256 e. The first-order valence-electron chi connectivity index (χ1n) is 13.3. The molecule has 2 aromatic carbocycles. The molecule has 3 unspecified atom stereocenters. The molecule has 0 aliphatic rings. The maximum atomic E-state index is 13.0. The van der Waals surface area contributed by atoms with Gasteiger partial charge in [-0.1, -0.05) is 50.2 Å². The largest absolute Gasteiger partial charge is 0.493 e. The van der Waals surface area contributed by atoms with Gasteiger partial charge in [0, 0.05) is 39.8 Å². The van der Waals surface area contributed by atoms with E-state index in [0.29, 0.717) is 37.1 Å². The molecule has 0 aliphatic heterocycles. The Labute approximate surface area is 240 Å². The SMILES string of the molecule is COCCCOc1cc(CC(CC(N)C(O)CNC(=O)[C@](C)(OC)c2ccccc2)C(C)C)ccc1OC.Cl. The van der Waals surface area contributed by atoms with Crippen molar-refractivity contribution in [1.82, 2.24) is 5.32 Å². The number of nitrogens with one attached hydrogen (secondary N) is 1. The van der Waals surface area contributed by atoms with Gasteiger partial charge in [0.05, 0.1) is 19.8 Å². The molecule has 0 spiro atoms. The molecule has 0 aliphatic carbocycles. The molecule has 2 aromatic rings. The average Bonchev–Trinajstić information content (AvgIpc) is 2.93. The first-order chi connectivity index (χ1) is 18.2. The molecule has 8 nitrogen and oxygen atoms in total. The highest BCUT2D eigenvalue weighted by Crippen LogP contribution is 2.31. The second kappa shape index (κ2) is 17.4. The second-order valence-electron chi connectivity index (χ2n) is 10.2. The zero-order chi connectivity index (χ0) is 28.1. The number of hydrogen-bond acceptors (Lipinski definition) is 7. The molecule has 4 atom stereocenters. The highest BCUT2D eigenvalue weighted by Gasteiger charge is 2.35. The quantitative estimate of drug-likeness (QED) is 0.247. The molecule has 0 heterocycles. The van der Waals surface area contributed by atoms with Gasteiger partial charge in [-0.3, -0.25) is 4.79 Å². The molecule has 9 heteroatoms. The van der Waals surface area contributed by atoms with Crippen molar-refractivity contribution < 1.29 is 28.8 Å². The summed E-state index contributed by atoms with van der Waals surface area (Å²) in [5.74, 6) is 1.63. The third-order valence-electron chi connectivity index (χ3n) is 7.13. The minimum absolute atomic E-state index is 0. The van der Waals surface area contributed by atoms with Crippen molar-refractivity contribution in [2.45, 2.75) is 57.8 Å². The molecule has 0 saturated carbocycles. The van der Waals surface area contributed by atoms with Crippen LogP contribution in [-0.2, 0) is 26.3 Å². The summed E-state index contributed by atoms with van der Waals surface area (Å²) in [6.45, 7) is 7.23. The topological polar surface area (TPSA) is 112 Å². The van der Waals surface area contributed by atoms with Crippen LogP contribution in [-0.4, -0.2) is 64.2 Å². The molecule has 1 amide bonds. The summed E-state index contributed by atoms with van der Waals surface area (Å²) < 4.78 is 22.0. The number of aliphatic hydroxyl groups excluding tert-OH is 1. The monoisotopic (exact) mass is 566 g/mol. The average molecular weight is 567 g/mol. The van der Waals surface area contributed by atoms with Crippen LogP contribution >= 0.6 is 12.4 Å². The Balaban J connectivity index is 0.00000760. The molecule has 4 N–H and O–H groups in total. The van der Waals surface area contributed by atoms with E-state index in [0.717, 1.165) is 24.0 Å². The van der Waals surface area contributed by atoms with Gasteiger partial charge in [0.25, 0.3) is 5.91 Å². The van der Waals surface area contributed by atoms with E-state index < -0.39 is 17.7 Å². The lowest BCUT2D eigenvalue weighted by Gasteiger charge is -2.30. The van der Waals surface area contributed by atoms with Gasteiger partial charge in [-0.2, -0.15) is 0 Å². The molecular weight excluding hydrogens is 520 g/mol. The number of hydrogen-bond donors (Lipinski definition) is 3. The van der Waals surface area contributed by atoms with Crippen molar-refractivity contribution in [1.29, 1.82) is 0 Å². The van der Waals surface area contributed by atoms with E-state index in [2.05, 4.69) is 19.2 Å². The minimum Gasteiger partial charge on any atom is -0.493 e. The van der Waals surface area contributed by atoms with Gasteiger partial charge >= 0.3 is 0 Å². The predicted molar refractivity (Wildman–Crippen MR) is 157 cm³/mol. The third kappa shape index (κ3) is 10.3. The van der Waals surface area contributed by atoms with Crippen molar-refractivity contribution in [3.63, 3.8) is 0 Å². The minimum atomic E-state index is -1.16. The Morgan fingerprint density at radius 3 is 2.33 bits per heavy atom. The Morgan fingerprint density at radius 1 is 1.05 bits per heavy atom. The van der Waals surface area contributed by atoms with Crippen LogP contribution in [0.4, 0.5) is 0 Å². The van der Waals surface area contributed by atoms with Crippen LogP contribution < -0.4 is 20.5 Å². The fraction of sp³-hybridized carbons (Fsp3) is 0.567. The molecule has 220 valence electrons. The zero-order valence-corrected chi connectivity index (χ0v) is 25.0. The summed E-state index contributed by atoms with van der Waals surface area (Å²) >= 11 is 0. The number of ether oxygens (including phenoxy) is 4. The molecule has 2 rings (SSSR count). The molecule has 39 heavy (non-hydrogen) atoms. The van der Waals surface area contributed by atoms with Crippen molar-refractivity contribution in [2.24, 2.45) is 17.6 Å². The number of aliphatic hydroxyl groups is 1. The third-order valence-corrected chi connectivity index (χ3v) is 7.13. The van der Waals surface area contributed by atoms with Gasteiger partial charge < -0.3 is 35.1 Å². The van der Waals surface area contributed by atoms with Gasteiger partial charge in [0.1, 0.15) is 0 Å². The smallest absolute Gasteiger partial charge is 0.256 e. The van der Waals surface area contributed by atoms with Crippen molar-refractivity contribution in [3.8, 4) is 11.5 Å². The second-order valence-corrected chi connectivity index (χ2v) is 10.2. The Hall–Kier alpha value is -2.36. The van der Waals surface area contributed by atoms with Crippen LogP contribution in [0, 0.1) is 11.8 Å². The van der Waals surface area contributed by atoms with Crippen LogP contribution in [0.25, 0.3) is 0 Å². The Morgan fingerprint density at radius 2 is 1.74 bits per heavy atom. The molecule has 0 aromatic heterocycles. The number of amides is 1. The molecular formula is C30H47ClN2O6. The number of carbonyl (C=O) groups is 1. The number of halogens is 1. The molecule has 0 fully saturated rings. The standard InChI is InChI=1S/C30H46N2O6.ClH/c1-21(2)23(17-22-13-14-27(36-5)28(18-22)38-16-10-15-35-4)19-25(31)26(33)20-32-29(34)30(3,37-6)24-11-8-7-9-12-24;/h7-9,11-14,18,21,23,25-26,33H,10,15-17,19-20,31H2,1-6H3,(H,32,34);1H/t23?,25?,26?,30-;/m1./s1. The maximum absolute atomic E-state index is 13.0. The summed E-state index contributed by atoms with van der Waals surface area (Å²) in [5.41, 5.74) is 7.11. The van der Waals surface area contributed by atoms with Crippen molar-refractivity contribution >= 4 is 18.3 Å². The van der Waals surface area contributed by atoms with Gasteiger partial charge in [-0.05, 0) is 54.9 Å². The van der Waals surface area contributed by atoms with Crippen LogP contribution in [0.5, 0.6) is 11.5 Å². The fourth-order valence-corrected chi connectivity index (χ4v) is 4.36. The predicted octanol–water partition coefficient (Wildman–Crippen LogP) is 4.10. The summed E-state index contributed by atoms with van der Waals surface area (Å²) in [6, 6.07) is 14.7. The highest BCUT2D eigenvalue weighted by atomic mass is 35.5. The Bertz CT molecular complexity index is 977. The highest BCUT2D eigenvalue weighted by molar-refractivity contribution is 5.86. The summed E-state index contributed by atoms with van der Waals surface area (Å²) in [6.07, 6.45) is 1.27. The lowest BCUT2D eigenvalue weighted by molar-refractivity contribution is -0.143. The Kier molecular flexibility index (Phi) is 15.4. The van der Waals surface area contributed by atoms with E-state index >= 15 is 0 Å². The number of methoxy groups -OCH3 is 3. The van der Waals surface area contributed by atoms with Crippen LogP contribution in [0.3, 0.4) is 0 Å². The summed E-state index contributed by atoms with van der Waals surface area (Å²) in [4.78, 5) is 13.0. The number of rotatable bonds is 17. The van der Waals surface area contributed by atoms with Crippen molar-refractivity contribution in [2.75, 3.05) is 41.1 Å². The van der Waals surface area contributed by atoms with E-state index in [1.807, 2.05) is 48.5 Å². The van der Waals surface area contributed by atoms with Gasteiger partial charge in [0.2, 0.25) is 0 Å². The van der Waals surface area contributed by atoms with Crippen LogP contribution in [0.15, 0.2) is 48.5 Å². The van der Waals surface area contributed by atoms with E-state index in [-0.39, 0.29) is 30.8 Å². The summed E-state index contributed by atoms with van der Waals surface area (Å²) in [5, 5.41) is 13.6. The summed E-state index contributed by atoms with van der Waals surface area (Å²) in [7, 11) is 4.80. The first-order valence-corrected chi connectivity index (χ1v) is 13.3. The van der Waals surface area contributed by atoms with E-state index in [1.165, 1.54) is 7.11 Å². The lowest BCUT2D eigenvalue weighted by atomic mass is 9.83. The van der Waals surface area contributed by atoms with Gasteiger partial charge in [0.15, 0.2) is 17.1 Å². The van der Waals surface area contributed by atoms with E-state index in [4.69, 9.17) is 24.7 Å². The van der Waals surface area contributed by atoms with Gasteiger partial charge in [-0.15, -0.1) is 12.4 Å². The normalized spacial score (nSPS) is 15.0. The molecule has 0 bridgehead atoms. The molecule has 0 saturated heterocycles. The number of benzene rings is 2. The van der Waals surface area contributed by atoms with Crippen LogP contribution in [0.2, 0.25) is 0 Å². The van der Waals surface area contributed by atoms with Crippen LogP contribution in [0.1, 0.15) is 44.7 Å². The number of nitrogens with two attached hydrogens (primary N) is 1. The zero-order valence-electron chi connectivity index (χ0n) is 24.1. The first kappa shape index (κ1) is 34.7. The fourth-order valence-electron chi connectivity index (χ4n) is 4.36. The lowest BCUT2D eigenvalue weighted by Crippen LogP contribution is -2.50. The molecule has 0 radical (unpaired) electrons.